The van der Waals surface area contributed by atoms with E-state index in [4.69, 9.17) is 5.73 Å². The van der Waals surface area contributed by atoms with E-state index in [1.165, 1.54) is 29.7 Å². The molecule has 1 fully saturated rings. The number of nitrogens with two attached hydrogens (primary N) is 1. The van der Waals surface area contributed by atoms with Gasteiger partial charge < -0.3 is 10.6 Å². The molecule has 2 aromatic rings. The lowest BCUT2D eigenvalue weighted by molar-refractivity contribution is 0.0946. The number of piperidine rings is 1. The Labute approximate surface area is 147 Å². The van der Waals surface area contributed by atoms with Crippen molar-refractivity contribution in [1.82, 2.24) is 29.8 Å². The molecule has 0 radical (unpaired) electrons. The van der Waals surface area contributed by atoms with Crippen molar-refractivity contribution < 1.29 is 0 Å². The highest BCUT2D eigenvalue weighted by Gasteiger charge is 2.31. The maximum absolute atomic E-state index is 5.65. The Balaban J connectivity index is 1.60. The Morgan fingerprint density at radius 1 is 1.38 bits per heavy atom. The zero-order chi connectivity index (χ0) is 17.1. The highest BCUT2D eigenvalue weighted by Crippen LogP contribution is 2.35. The molecule has 1 saturated heterocycles. The predicted molar refractivity (Wildman–Crippen MR) is 96.8 cm³/mol. The standard InChI is InChI=1S/C16H27N7S/c1-21(8-6-14-19-20-16(17)24-14)10-12-5-4-7-22(2)15(12)13-9-18-23(3)11-13/h9,11-12,15H,4-8,10H2,1-3H3,(H2,17,20)/t12-,15+/m0/s1. The minimum absolute atomic E-state index is 0.451. The smallest absolute Gasteiger partial charge is 0.203 e. The van der Waals surface area contributed by atoms with Crippen LogP contribution in [0.1, 0.15) is 29.5 Å². The average molecular weight is 350 g/mol. The summed E-state index contributed by atoms with van der Waals surface area (Å²) >= 11 is 1.49. The van der Waals surface area contributed by atoms with Crippen molar-refractivity contribution in [2.24, 2.45) is 13.0 Å². The van der Waals surface area contributed by atoms with Gasteiger partial charge in [-0.15, -0.1) is 10.2 Å². The Morgan fingerprint density at radius 3 is 2.88 bits per heavy atom. The van der Waals surface area contributed by atoms with Gasteiger partial charge >= 0.3 is 0 Å². The van der Waals surface area contributed by atoms with Gasteiger partial charge in [0.2, 0.25) is 5.13 Å². The number of likely N-dealkylation sites (N-methyl/N-ethyl adjacent to an activating group) is 1. The van der Waals surface area contributed by atoms with Crippen molar-refractivity contribution in [1.29, 1.82) is 0 Å². The third kappa shape index (κ3) is 4.12. The fourth-order valence-electron chi connectivity index (χ4n) is 3.72. The number of nitrogen functional groups attached to an aromatic ring is 1. The maximum Gasteiger partial charge on any atom is 0.203 e. The van der Waals surface area contributed by atoms with Crippen LogP contribution < -0.4 is 5.73 Å². The Hall–Kier alpha value is -1.51. The van der Waals surface area contributed by atoms with Crippen LogP contribution in [0.5, 0.6) is 0 Å². The van der Waals surface area contributed by atoms with E-state index >= 15 is 0 Å². The van der Waals surface area contributed by atoms with Crippen molar-refractivity contribution in [2.75, 3.05) is 39.5 Å². The fraction of sp³-hybridized carbons (Fsp3) is 0.688. The molecule has 8 heteroatoms. The molecule has 0 unspecified atom stereocenters. The van der Waals surface area contributed by atoms with E-state index in [-0.39, 0.29) is 0 Å². The molecule has 0 aliphatic carbocycles. The molecule has 0 amide bonds. The first-order valence-electron chi connectivity index (χ1n) is 8.48. The second-order valence-electron chi connectivity index (χ2n) is 6.82. The molecule has 24 heavy (non-hydrogen) atoms. The van der Waals surface area contributed by atoms with Crippen molar-refractivity contribution in [3.8, 4) is 0 Å². The van der Waals surface area contributed by atoms with E-state index in [0.717, 1.165) is 31.1 Å². The van der Waals surface area contributed by atoms with E-state index in [2.05, 4.69) is 45.4 Å². The molecule has 1 aliphatic rings. The minimum atomic E-state index is 0.451. The summed E-state index contributed by atoms with van der Waals surface area (Å²) in [7, 11) is 6.41. The number of anilines is 1. The largest absolute Gasteiger partial charge is 0.374 e. The van der Waals surface area contributed by atoms with Crippen LogP contribution in [0.2, 0.25) is 0 Å². The number of nitrogens with zero attached hydrogens (tertiary/aromatic N) is 6. The monoisotopic (exact) mass is 349 g/mol. The summed E-state index contributed by atoms with van der Waals surface area (Å²) < 4.78 is 1.90. The van der Waals surface area contributed by atoms with Gasteiger partial charge in [-0.05, 0) is 39.4 Å². The summed E-state index contributed by atoms with van der Waals surface area (Å²) in [6, 6.07) is 0.451. The van der Waals surface area contributed by atoms with E-state index in [1.54, 1.807) is 0 Å². The second kappa shape index (κ2) is 7.58. The van der Waals surface area contributed by atoms with Crippen LogP contribution in [-0.4, -0.2) is 63.5 Å². The van der Waals surface area contributed by atoms with Gasteiger partial charge in [0.25, 0.3) is 0 Å². The first-order chi connectivity index (χ1) is 11.5. The molecule has 132 valence electrons. The van der Waals surface area contributed by atoms with Crippen LogP contribution in [0.3, 0.4) is 0 Å². The summed E-state index contributed by atoms with van der Waals surface area (Å²) in [5.74, 6) is 0.623. The van der Waals surface area contributed by atoms with Crippen molar-refractivity contribution >= 4 is 16.5 Å². The summed E-state index contributed by atoms with van der Waals surface area (Å²) in [6.07, 6.45) is 7.61. The molecule has 2 N–H and O–H groups in total. The number of hydrogen-bond donors (Lipinski definition) is 1. The topological polar surface area (TPSA) is 76.1 Å². The molecule has 7 nitrogen and oxygen atoms in total. The van der Waals surface area contributed by atoms with Crippen molar-refractivity contribution in [3.05, 3.63) is 23.0 Å². The summed E-state index contributed by atoms with van der Waals surface area (Å²) in [5, 5.41) is 13.9. The Morgan fingerprint density at radius 2 is 2.21 bits per heavy atom. The molecule has 3 heterocycles. The van der Waals surface area contributed by atoms with E-state index in [1.807, 2.05) is 17.9 Å². The first-order valence-corrected chi connectivity index (χ1v) is 9.29. The molecule has 1 aliphatic heterocycles. The van der Waals surface area contributed by atoms with Gasteiger partial charge in [0.1, 0.15) is 5.01 Å². The third-order valence-corrected chi connectivity index (χ3v) is 5.62. The van der Waals surface area contributed by atoms with Crippen LogP contribution in [0.4, 0.5) is 5.13 Å². The Bertz CT molecular complexity index is 652. The second-order valence-corrected chi connectivity index (χ2v) is 7.92. The number of aryl methyl sites for hydroxylation is 1. The third-order valence-electron chi connectivity index (χ3n) is 4.81. The SMILES string of the molecule is CN(CCc1nnc(N)s1)C[C@@H]1CCCN(C)[C@H]1c1cnn(C)c1. The van der Waals surface area contributed by atoms with Gasteiger partial charge in [0.15, 0.2) is 0 Å². The predicted octanol–water partition coefficient (Wildman–Crippen LogP) is 1.41. The quantitative estimate of drug-likeness (QED) is 0.850. The molecular formula is C16H27N7S. The highest BCUT2D eigenvalue weighted by molar-refractivity contribution is 7.15. The molecule has 0 saturated carbocycles. The summed E-state index contributed by atoms with van der Waals surface area (Å²) in [6.45, 7) is 3.22. The van der Waals surface area contributed by atoms with Gasteiger partial charge in [-0.25, -0.2) is 0 Å². The highest BCUT2D eigenvalue weighted by atomic mass is 32.1. The molecule has 0 bridgehead atoms. The zero-order valence-corrected chi connectivity index (χ0v) is 15.5. The van der Waals surface area contributed by atoms with Gasteiger partial charge in [-0.1, -0.05) is 11.3 Å². The fourth-order valence-corrected chi connectivity index (χ4v) is 4.31. The minimum Gasteiger partial charge on any atom is -0.374 e. The summed E-state index contributed by atoms with van der Waals surface area (Å²) in [5.41, 5.74) is 6.98. The van der Waals surface area contributed by atoms with Gasteiger partial charge in [-0.2, -0.15) is 5.10 Å². The van der Waals surface area contributed by atoms with Crippen LogP contribution in [0.25, 0.3) is 0 Å². The van der Waals surface area contributed by atoms with E-state index < -0.39 is 0 Å². The summed E-state index contributed by atoms with van der Waals surface area (Å²) in [4.78, 5) is 4.88. The van der Waals surface area contributed by atoms with Crippen LogP contribution in [0.15, 0.2) is 12.4 Å². The Kier molecular flexibility index (Phi) is 5.47. The maximum atomic E-state index is 5.65. The molecule has 3 rings (SSSR count). The van der Waals surface area contributed by atoms with Gasteiger partial charge in [0.05, 0.1) is 6.20 Å². The molecule has 2 aromatic heterocycles. The van der Waals surface area contributed by atoms with Crippen molar-refractivity contribution in [3.63, 3.8) is 0 Å². The van der Waals surface area contributed by atoms with E-state index in [9.17, 15) is 0 Å². The number of aromatic nitrogens is 4. The zero-order valence-electron chi connectivity index (χ0n) is 14.7. The molecule has 0 spiro atoms. The number of hydrogen-bond acceptors (Lipinski definition) is 7. The molecule has 0 aromatic carbocycles. The molecular weight excluding hydrogens is 322 g/mol. The average Bonchev–Trinajstić information content (AvgIpc) is 3.14. The first kappa shape index (κ1) is 17.3. The lowest BCUT2D eigenvalue weighted by atomic mass is 9.85. The van der Waals surface area contributed by atoms with Gasteiger partial charge in [-0.3, -0.25) is 9.58 Å². The molecule has 2 atom stereocenters. The van der Waals surface area contributed by atoms with E-state index in [0.29, 0.717) is 17.1 Å². The van der Waals surface area contributed by atoms with Crippen LogP contribution in [-0.2, 0) is 13.5 Å². The normalized spacial score (nSPS) is 22.3. The van der Waals surface area contributed by atoms with Gasteiger partial charge in [0, 0.05) is 44.4 Å². The van der Waals surface area contributed by atoms with Crippen molar-refractivity contribution in [2.45, 2.75) is 25.3 Å². The number of rotatable bonds is 6. The lowest BCUT2D eigenvalue weighted by Gasteiger charge is -2.40. The van der Waals surface area contributed by atoms with Crippen LogP contribution >= 0.6 is 11.3 Å². The van der Waals surface area contributed by atoms with Crippen LogP contribution in [0, 0.1) is 5.92 Å². The number of likely N-dealkylation sites (tertiary alicyclic amines) is 1. The lowest BCUT2D eigenvalue weighted by Crippen LogP contribution is -2.41.